The Balaban J connectivity index is 1.34. The number of aryl methyl sites for hydroxylation is 1. The monoisotopic (exact) mass is 430 g/mol. The maximum absolute atomic E-state index is 5.86. The van der Waals surface area contributed by atoms with Gasteiger partial charge in [0.2, 0.25) is 0 Å². The Morgan fingerprint density at radius 2 is 1.88 bits per heavy atom. The molecule has 1 saturated heterocycles. The third-order valence-corrected chi connectivity index (χ3v) is 5.70. The number of rotatable bonds is 8. The molecule has 6 heteroatoms. The van der Waals surface area contributed by atoms with E-state index in [0.717, 1.165) is 29.2 Å². The van der Waals surface area contributed by atoms with E-state index in [-0.39, 0.29) is 12.1 Å². The average Bonchev–Trinajstić information content (AvgIpc) is 3.42. The summed E-state index contributed by atoms with van der Waals surface area (Å²) in [5, 5.41) is 0. The van der Waals surface area contributed by atoms with Gasteiger partial charge in [0, 0.05) is 48.3 Å². The van der Waals surface area contributed by atoms with E-state index in [4.69, 9.17) is 9.47 Å². The zero-order valence-corrected chi connectivity index (χ0v) is 18.8. The van der Waals surface area contributed by atoms with Gasteiger partial charge >= 0.3 is 0 Å². The summed E-state index contributed by atoms with van der Waals surface area (Å²) in [7, 11) is 3.76. The molecule has 1 aliphatic rings. The van der Waals surface area contributed by atoms with Crippen molar-refractivity contribution in [2.24, 2.45) is 7.05 Å². The summed E-state index contributed by atoms with van der Waals surface area (Å²) in [5.74, 6) is 1.53. The van der Waals surface area contributed by atoms with Gasteiger partial charge in [-0.1, -0.05) is 24.3 Å². The van der Waals surface area contributed by atoms with Crippen molar-refractivity contribution in [3.8, 4) is 11.5 Å². The molecular formula is C26H30N4O2. The van der Waals surface area contributed by atoms with Crippen molar-refractivity contribution in [3.63, 3.8) is 0 Å². The molecule has 2 aromatic heterocycles. The number of aromatic nitrogens is 2. The summed E-state index contributed by atoms with van der Waals surface area (Å²) in [4.78, 5) is 4.28. The van der Waals surface area contributed by atoms with Gasteiger partial charge in [0.15, 0.2) is 0 Å². The highest BCUT2D eigenvalue weighted by Crippen LogP contribution is 2.27. The summed E-state index contributed by atoms with van der Waals surface area (Å²) >= 11 is 0. The molecule has 4 rings (SSSR count). The van der Waals surface area contributed by atoms with Gasteiger partial charge in [0.25, 0.3) is 0 Å². The second kappa shape index (κ2) is 10.3. The van der Waals surface area contributed by atoms with E-state index in [1.54, 1.807) is 13.3 Å². The smallest absolute Gasteiger partial charge is 0.130 e. The molecule has 0 radical (unpaired) electrons. The Morgan fingerprint density at radius 1 is 1.06 bits per heavy atom. The second-order valence-corrected chi connectivity index (χ2v) is 7.93. The molecule has 2 N–H and O–H groups in total. The van der Waals surface area contributed by atoms with Crippen molar-refractivity contribution >= 4 is 12.2 Å². The van der Waals surface area contributed by atoms with Gasteiger partial charge < -0.3 is 14.0 Å². The van der Waals surface area contributed by atoms with E-state index in [0.29, 0.717) is 6.61 Å². The number of hydrogen-bond acceptors (Lipinski definition) is 5. The lowest BCUT2D eigenvalue weighted by atomic mass is 10.1. The standard InChI is InChI=1S/C26H30N4O2/c1-19-7-12-24(30(19)2)13-11-22-16-21(28-29-22)10-8-20-9-14-25(17-26(20)31-3)32-18-23-6-4-5-15-27-23/h4-15,17,21-22,28-29H,16,18H2,1-3H3/b10-8+,13-11+. The average molecular weight is 431 g/mol. The van der Waals surface area contributed by atoms with Crippen LogP contribution >= 0.6 is 0 Å². The number of hydrogen-bond donors (Lipinski definition) is 2. The SMILES string of the molecule is COc1cc(OCc2ccccn2)ccc1/C=C/C1CC(/C=C/c2ccc(C)n2C)NN1. The lowest BCUT2D eigenvalue weighted by molar-refractivity contribution is 0.299. The van der Waals surface area contributed by atoms with Crippen molar-refractivity contribution < 1.29 is 9.47 Å². The van der Waals surface area contributed by atoms with Gasteiger partial charge in [-0.2, -0.15) is 0 Å². The van der Waals surface area contributed by atoms with Crippen molar-refractivity contribution in [1.82, 2.24) is 20.4 Å². The van der Waals surface area contributed by atoms with Crippen LogP contribution in [0.1, 0.15) is 29.1 Å². The Kier molecular flexibility index (Phi) is 7.04. The van der Waals surface area contributed by atoms with Gasteiger partial charge in [-0.05, 0) is 55.8 Å². The molecule has 0 amide bonds. The van der Waals surface area contributed by atoms with Crippen LogP contribution in [0.3, 0.4) is 0 Å². The fraction of sp³-hybridized carbons (Fsp3) is 0.269. The van der Waals surface area contributed by atoms with Crippen LogP contribution in [0.25, 0.3) is 12.2 Å². The molecule has 166 valence electrons. The van der Waals surface area contributed by atoms with Gasteiger partial charge in [0.05, 0.1) is 12.8 Å². The molecule has 3 aromatic rings. The molecule has 1 fully saturated rings. The molecule has 2 unspecified atom stereocenters. The number of hydrazine groups is 1. The van der Waals surface area contributed by atoms with Crippen LogP contribution < -0.4 is 20.3 Å². The topological polar surface area (TPSA) is 60.3 Å². The van der Waals surface area contributed by atoms with Crippen molar-refractivity contribution in [1.29, 1.82) is 0 Å². The number of nitrogens with zero attached hydrogens (tertiary/aromatic N) is 2. The first-order valence-electron chi connectivity index (χ1n) is 10.8. The molecule has 0 saturated carbocycles. The van der Waals surface area contributed by atoms with E-state index >= 15 is 0 Å². The number of benzene rings is 1. The molecule has 0 aliphatic carbocycles. The molecule has 0 bridgehead atoms. The quantitative estimate of drug-likeness (QED) is 0.559. The highest BCUT2D eigenvalue weighted by atomic mass is 16.5. The van der Waals surface area contributed by atoms with E-state index in [2.05, 4.69) is 70.8 Å². The summed E-state index contributed by atoms with van der Waals surface area (Å²) in [5.41, 5.74) is 11.1. The predicted molar refractivity (Wildman–Crippen MR) is 128 cm³/mol. The Labute approximate surface area is 189 Å². The maximum atomic E-state index is 5.86. The number of nitrogens with one attached hydrogen (secondary N) is 2. The molecule has 32 heavy (non-hydrogen) atoms. The first kappa shape index (κ1) is 21.9. The van der Waals surface area contributed by atoms with Crippen LogP contribution in [0, 0.1) is 6.92 Å². The van der Waals surface area contributed by atoms with Gasteiger partial charge in [-0.3, -0.25) is 15.8 Å². The summed E-state index contributed by atoms with van der Waals surface area (Å²) < 4.78 is 13.6. The Morgan fingerprint density at radius 3 is 2.56 bits per heavy atom. The van der Waals surface area contributed by atoms with E-state index in [9.17, 15) is 0 Å². The summed E-state index contributed by atoms with van der Waals surface area (Å²) in [6.07, 6.45) is 11.4. The van der Waals surface area contributed by atoms with Crippen molar-refractivity contribution in [3.05, 3.63) is 89.5 Å². The third kappa shape index (κ3) is 5.46. The van der Waals surface area contributed by atoms with Crippen molar-refractivity contribution in [2.45, 2.75) is 32.0 Å². The zero-order valence-electron chi connectivity index (χ0n) is 18.8. The van der Waals surface area contributed by atoms with Crippen LogP contribution in [0.15, 0.2) is 66.9 Å². The minimum atomic E-state index is 0.240. The van der Waals surface area contributed by atoms with Crippen molar-refractivity contribution in [2.75, 3.05) is 7.11 Å². The lowest BCUT2D eigenvalue weighted by Gasteiger charge is -2.10. The fourth-order valence-electron chi connectivity index (χ4n) is 3.65. The Bertz CT molecular complexity index is 1090. The normalized spacial score (nSPS) is 18.6. The van der Waals surface area contributed by atoms with Crippen LogP contribution in [0.4, 0.5) is 0 Å². The molecule has 3 heterocycles. The minimum Gasteiger partial charge on any atom is -0.496 e. The molecule has 1 aliphatic heterocycles. The first-order chi connectivity index (χ1) is 15.6. The highest BCUT2D eigenvalue weighted by molar-refractivity contribution is 5.60. The lowest BCUT2D eigenvalue weighted by Crippen LogP contribution is -2.31. The minimum absolute atomic E-state index is 0.240. The van der Waals surface area contributed by atoms with Crippen LogP contribution in [-0.4, -0.2) is 28.7 Å². The third-order valence-electron chi connectivity index (χ3n) is 5.70. The molecule has 2 atom stereocenters. The van der Waals surface area contributed by atoms with Gasteiger partial charge in [-0.15, -0.1) is 0 Å². The second-order valence-electron chi connectivity index (χ2n) is 7.93. The summed E-state index contributed by atoms with van der Waals surface area (Å²) in [6, 6.07) is 16.5. The van der Waals surface area contributed by atoms with Crippen LogP contribution in [-0.2, 0) is 13.7 Å². The number of methoxy groups -OCH3 is 1. The summed E-state index contributed by atoms with van der Waals surface area (Å²) in [6.45, 7) is 2.54. The first-order valence-corrected chi connectivity index (χ1v) is 10.8. The fourth-order valence-corrected chi connectivity index (χ4v) is 3.65. The molecular weight excluding hydrogens is 400 g/mol. The van der Waals surface area contributed by atoms with E-state index in [1.165, 1.54) is 11.4 Å². The molecule has 6 nitrogen and oxygen atoms in total. The van der Waals surface area contributed by atoms with E-state index in [1.807, 2.05) is 36.4 Å². The highest BCUT2D eigenvalue weighted by Gasteiger charge is 2.19. The van der Waals surface area contributed by atoms with Gasteiger partial charge in [0.1, 0.15) is 18.1 Å². The molecule has 1 aromatic carbocycles. The van der Waals surface area contributed by atoms with Gasteiger partial charge in [-0.25, -0.2) is 0 Å². The van der Waals surface area contributed by atoms with Crippen LogP contribution in [0.5, 0.6) is 11.5 Å². The zero-order chi connectivity index (χ0) is 22.3. The Hall–Kier alpha value is -3.35. The number of pyridine rings is 1. The molecule has 0 spiro atoms. The predicted octanol–water partition coefficient (Wildman–Crippen LogP) is 4.28. The maximum Gasteiger partial charge on any atom is 0.130 e. The largest absolute Gasteiger partial charge is 0.496 e. The number of ether oxygens (including phenoxy) is 2. The van der Waals surface area contributed by atoms with E-state index < -0.39 is 0 Å². The van der Waals surface area contributed by atoms with Crippen LogP contribution in [0.2, 0.25) is 0 Å².